The van der Waals surface area contributed by atoms with E-state index in [2.05, 4.69) is 10.3 Å². The summed E-state index contributed by atoms with van der Waals surface area (Å²) < 4.78 is 16.4. The fourth-order valence-electron chi connectivity index (χ4n) is 3.12. The molecule has 0 bridgehead atoms. The maximum absolute atomic E-state index is 13.4. The van der Waals surface area contributed by atoms with Crippen molar-refractivity contribution in [2.75, 3.05) is 5.32 Å². The number of fused-ring (bicyclic) bond motifs is 1. The van der Waals surface area contributed by atoms with Gasteiger partial charge in [-0.25, -0.2) is 14.1 Å². The van der Waals surface area contributed by atoms with Gasteiger partial charge in [-0.1, -0.05) is 18.2 Å². The Balaban J connectivity index is 1.74. The molecule has 0 spiro atoms. The highest BCUT2D eigenvalue weighted by atomic mass is 19.1. The smallest absolute Gasteiger partial charge is 0.280 e. The number of hydrogen-bond donors (Lipinski definition) is 1. The van der Waals surface area contributed by atoms with Gasteiger partial charge in [-0.15, -0.1) is 0 Å². The zero-order valence-corrected chi connectivity index (χ0v) is 15.1. The molecule has 28 heavy (non-hydrogen) atoms. The molecule has 0 atom stereocenters. The molecule has 2 heterocycles. The van der Waals surface area contributed by atoms with Crippen LogP contribution in [0.5, 0.6) is 0 Å². The molecule has 4 rings (SSSR count). The maximum atomic E-state index is 13.4. The predicted octanol–water partition coefficient (Wildman–Crippen LogP) is 3.27. The third-order valence-electron chi connectivity index (χ3n) is 4.43. The van der Waals surface area contributed by atoms with Crippen LogP contribution in [0.2, 0.25) is 0 Å². The lowest BCUT2D eigenvalue weighted by Crippen LogP contribution is -2.27. The molecular formula is C21H17FN4O2. The summed E-state index contributed by atoms with van der Waals surface area (Å²) in [5.41, 5.74) is 1.73. The molecule has 1 N–H and O–H groups in total. The van der Waals surface area contributed by atoms with Gasteiger partial charge in [0.2, 0.25) is 5.91 Å². The fourth-order valence-corrected chi connectivity index (χ4v) is 3.12. The Morgan fingerprint density at radius 2 is 1.89 bits per heavy atom. The molecule has 2 aromatic carbocycles. The normalized spacial score (nSPS) is 10.9. The van der Waals surface area contributed by atoms with Crippen molar-refractivity contribution >= 4 is 22.6 Å². The van der Waals surface area contributed by atoms with Crippen LogP contribution in [0.3, 0.4) is 0 Å². The molecule has 0 aliphatic rings. The van der Waals surface area contributed by atoms with Crippen molar-refractivity contribution in [3.8, 4) is 5.69 Å². The molecule has 0 radical (unpaired) electrons. The maximum Gasteiger partial charge on any atom is 0.280 e. The number of nitrogens with zero attached hydrogens (tertiary/aromatic N) is 3. The lowest BCUT2D eigenvalue weighted by atomic mass is 10.2. The second-order valence-corrected chi connectivity index (χ2v) is 6.40. The highest BCUT2D eigenvalue weighted by Crippen LogP contribution is 2.16. The first kappa shape index (κ1) is 17.7. The third kappa shape index (κ3) is 3.18. The molecule has 4 aromatic rings. The molecule has 0 saturated heterocycles. The number of aromatic nitrogens is 3. The summed E-state index contributed by atoms with van der Waals surface area (Å²) in [6, 6.07) is 16.8. The van der Waals surface area contributed by atoms with E-state index < -0.39 is 0 Å². The van der Waals surface area contributed by atoms with E-state index in [1.165, 1.54) is 16.8 Å². The number of pyridine rings is 1. The number of anilines is 1. The Morgan fingerprint density at radius 1 is 1.11 bits per heavy atom. The summed E-state index contributed by atoms with van der Waals surface area (Å²) in [5, 5.41) is 3.17. The van der Waals surface area contributed by atoms with E-state index >= 15 is 0 Å². The van der Waals surface area contributed by atoms with Crippen molar-refractivity contribution in [1.29, 1.82) is 0 Å². The highest BCUT2D eigenvalue weighted by molar-refractivity contribution is 5.91. The molecule has 0 saturated carbocycles. The Kier molecular flexibility index (Phi) is 4.49. The van der Waals surface area contributed by atoms with E-state index in [4.69, 9.17) is 0 Å². The van der Waals surface area contributed by atoms with Crippen LogP contribution in [0.25, 0.3) is 16.7 Å². The van der Waals surface area contributed by atoms with Crippen molar-refractivity contribution in [1.82, 2.24) is 14.3 Å². The standard InChI is InChI=1S/C21H17FN4O2/c1-14-12-15(9-10-18(14)22)24-19(27)13-25-20-17(8-5-11-23-20)21(28)26(25)16-6-3-2-4-7-16/h2-12H,13H2,1H3,(H,24,27). The van der Waals surface area contributed by atoms with E-state index in [1.54, 1.807) is 48.1 Å². The summed E-state index contributed by atoms with van der Waals surface area (Å²) in [5.74, 6) is -0.685. The van der Waals surface area contributed by atoms with Gasteiger partial charge in [0.15, 0.2) is 5.65 Å². The number of benzene rings is 2. The Hall–Kier alpha value is -3.74. The summed E-state index contributed by atoms with van der Waals surface area (Å²) in [6.07, 6.45) is 1.58. The van der Waals surface area contributed by atoms with Gasteiger partial charge in [0, 0.05) is 11.9 Å². The minimum absolute atomic E-state index is 0.124. The van der Waals surface area contributed by atoms with Gasteiger partial charge in [-0.05, 0) is 55.0 Å². The van der Waals surface area contributed by atoms with Crippen molar-refractivity contribution < 1.29 is 9.18 Å². The Bertz CT molecular complexity index is 1230. The van der Waals surface area contributed by atoms with Crippen molar-refractivity contribution in [2.24, 2.45) is 0 Å². The molecule has 7 heteroatoms. The van der Waals surface area contributed by atoms with Gasteiger partial charge in [0.25, 0.3) is 5.56 Å². The average molecular weight is 376 g/mol. The first-order chi connectivity index (χ1) is 13.5. The minimum Gasteiger partial charge on any atom is -0.324 e. The predicted molar refractivity (Wildman–Crippen MR) is 105 cm³/mol. The molecule has 6 nitrogen and oxygen atoms in total. The number of carbonyl (C=O) groups excluding carboxylic acids is 1. The first-order valence-corrected chi connectivity index (χ1v) is 8.72. The third-order valence-corrected chi connectivity index (χ3v) is 4.43. The average Bonchev–Trinajstić information content (AvgIpc) is 2.97. The summed E-state index contributed by atoms with van der Waals surface area (Å²) in [7, 11) is 0. The molecule has 0 fully saturated rings. The van der Waals surface area contributed by atoms with Crippen molar-refractivity contribution in [3.63, 3.8) is 0 Å². The first-order valence-electron chi connectivity index (χ1n) is 8.72. The minimum atomic E-state index is -0.349. The number of hydrogen-bond acceptors (Lipinski definition) is 3. The van der Waals surface area contributed by atoms with Crippen LogP contribution in [0.1, 0.15) is 5.56 Å². The van der Waals surface area contributed by atoms with Gasteiger partial charge in [0.05, 0.1) is 11.1 Å². The summed E-state index contributed by atoms with van der Waals surface area (Å²) in [4.78, 5) is 29.8. The number of carbonyl (C=O) groups is 1. The zero-order chi connectivity index (χ0) is 19.7. The number of aryl methyl sites for hydroxylation is 1. The summed E-state index contributed by atoms with van der Waals surface area (Å²) >= 11 is 0. The van der Waals surface area contributed by atoms with Crippen molar-refractivity contribution in [2.45, 2.75) is 13.5 Å². The monoisotopic (exact) mass is 376 g/mol. The van der Waals surface area contributed by atoms with Crippen LogP contribution >= 0.6 is 0 Å². The second-order valence-electron chi connectivity index (χ2n) is 6.40. The lowest BCUT2D eigenvalue weighted by molar-refractivity contribution is -0.116. The van der Waals surface area contributed by atoms with E-state index in [-0.39, 0.29) is 23.8 Å². The number of nitrogens with one attached hydrogen (secondary N) is 1. The van der Waals surface area contributed by atoms with Crippen molar-refractivity contribution in [3.05, 3.63) is 88.6 Å². The van der Waals surface area contributed by atoms with Crippen LogP contribution in [-0.2, 0) is 11.3 Å². The largest absolute Gasteiger partial charge is 0.324 e. The Morgan fingerprint density at radius 3 is 2.64 bits per heavy atom. The fraction of sp³-hybridized carbons (Fsp3) is 0.0952. The number of halogens is 1. The van der Waals surface area contributed by atoms with Gasteiger partial charge in [0.1, 0.15) is 12.4 Å². The van der Waals surface area contributed by atoms with Crippen LogP contribution in [0.15, 0.2) is 71.7 Å². The molecule has 140 valence electrons. The number of para-hydroxylation sites is 1. The van der Waals surface area contributed by atoms with E-state index in [0.717, 1.165) is 0 Å². The van der Waals surface area contributed by atoms with Crippen LogP contribution in [0.4, 0.5) is 10.1 Å². The molecule has 2 aromatic heterocycles. The van der Waals surface area contributed by atoms with Crippen LogP contribution in [-0.4, -0.2) is 20.3 Å². The number of rotatable bonds is 4. The summed E-state index contributed by atoms with van der Waals surface area (Å²) in [6.45, 7) is 1.50. The molecule has 0 unspecified atom stereocenters. The van der Waals surface area contributed by atoms with E-state index in [9.17, 15) is 14.0 Å². The SMILES string of the molecule is Cc1cc(NC(=O)Cn2c3ncccc3c(=O)n2-c2ccccc2)ccc1F. The second kappa shape index (κ2) is 7.11. The van der Waals surface area contributed by atoms with Crippen LogP contribution in [0, 0.1) is 12.7 Å². The van der Waals surface area contributed by atoms with Crippen LogP contribution < -0.4 is 10.9 Å². The highest BCUT2D eigenvalue weighted by Gasteiger charge is 2.17. The lowest BCUT2D eigenvalue weighted by Gasteiger charge is -2.13. The number of amides is 1. The molecule has 0 aliphatic carbocycles. The quantitative estimate of drug-likeness (QED) is 0.594. The van der Waals surface area contributed by atoms with Gasteiger partial charge in [-0.2, -0.15) is 0 Å². The van der Waals surface area contributed by atoms with Gasteiger partial charge < -0.3 is 5.32 Å². The Labute approximate surface area is 159 Å². The molecular weight excluding hydrogens is 359 g/mol. The molecule has 1 amide bonds. The topological polar surface area (TPSA) is 68.9 Å². The van der Waals surface area contributed by atoms with Gasteiger partial charge >= 0.3 is 0 Å². The zero-order valence-electron chi connectivity index (χ0n) is 15.1. The molecule has 0 aliphatic heterocycles. The van der Waals surface area contributed by atoms with E-state index in [0.29, 0.717) is 28.0 Å². The van der Waals surface area contributed by atoms with Gasteiger partial charge in [-0.3, -0.25) is 14.3 Å². The van der Waals surface area contributed by atoms with E-state index in [1.807, 2.05) is 18.2 Å².